The van der Waals surface area contributed by atoms with Crippen molar-refractivity contribution in [2.75, 3.05) is 27.2 Å². The van der Waals surface area contributed by atoms with Crippen molar-refractivity contribution >= 4 is 17.8 Å². The third-order valence-electron chi connectivity index (χ3n) is 4.45. The first-order valence-corrected chi connectivity index (χ1v) is 8.37. The van der Waals surface area contributed by atoms with Crippen molar-refractivity contribution in [2.24, 2.45) is 5.92 Å². The van der Waals surface area contributed by atoms with Gasteiger partial charge in [0.05, 0.1) is 18.6 Å². The van der Waals surface area contributed by atoms with E-state index in [9.17, 15) is 27.6 Å². The van der Waals surface area contributed by atoms with E-state index in [1.807, 2.05) is 0 Å². The van der Waals surface area contributed by atoms with Crippen molar-refractivity contribution in [1.29, 1.82) is 0 Å². The maximum Gasteiger partial charge on any atom is 0.416 e. The van der Waals surface area contributed by atoms with Crippen molar-refractivity contribution in [3.63, 3.8) is 0 Å². The lowest BCUT2D eigenvalue weighted by atomic mass is 9.95. The lowest BCUT2D eigenvalue weighted by Gasteiger charge is -2.33. The van der Waals surface area contributed by atoms with Crippen LogP contribution in [0.25, 0.3) is 0 Å². The molecule has 6 nitrogen and oxygen atoms in total. The SMILES string of the molecule is COC(=O)CN(C)C(=O)[C@H]1CCC(=O)N(Cc2cccc(C(F)(F)F)c2)C1. The standard InChI is InChI=1S/C18H21F3N2O4/c1-22(11-16(25)27-2)17(26)13-6-7-15(24)23(10-13)9-12-4-3-5-14(8-12)18(19,20)21/h3-5,8,13H,6-7,9-11H2,1-2H3/t13-/m0/s1. The van der Waals surface area contributed by atoms with Gasteiger partial charge in [-0.1, -0.05) is 12.1 Å². The zero-order valence-corrected chi connectivity index (χ0v) is 15.1. The van der Waals surface area contributed by atoms with Crippen LogP contribution in [0.4, 0.5) is 13.2 Å². The molecule has 2 rings (SSSR count). The van der Waals surface area contributed by atoms with E-state index in [1.165, 1.54) is 36.1 Å². The second kappa shape index (κ2) is 8.41. The molecule has 0 saturated carbocycles. The highest BCUT2D eigenvalue weighted by Gasteiger charge is 2.33. The Balaban J connectivity index is 2.06. The summed E-state index contributed by atoms with van der Waals surface area (Å²) in [4.78, 5) is 38.5. The van der Waals surface area contributed by atoms with Gasteiger partial charge in [-0.15, -0.1) is 0 Å². The summed E-state index contributed by atoms with van der Waals surface area (Å²) < 4.78 is 43.1. The Morgan fingerprint density at radius 2 is 2.04 bits per heavy atom. The van der Waals surface area contributed by atoms with Gasteiger partial charge in [0, 0.05) is 26.6 Å². The molecular weight excluding hydrogens is 365 g/mol. The zero-order valence-electron chi connectivity index (χ0n) is 15.1. The highest BCUT2D eigenvalue weighted by molar-refractivity contribution is 5.86. The highest BCUT2D eigenvalue weighted by Crippen LogP contribution is 2.30. The molecule has 1 fully saturated rings. The predicted molar refractivity (Wildman–Crippen MR) is 89.2 cm³/mol. The number of likely N-dealkylation sites (tertiary alicyclic amines) is 1. The van der Waals surface area contributed by atoms with Crippen LogP contribution in [0, 0.1) is 5.92 Å². The van der Waals surface area contributed by atoms with Crippen LogP contribution in [0.3, 0.4) is 0 Å². The van der Waals surface area contributed by atoms with Gasteiger partial charge in [-0.25, -0.2) is 0 Å². The minimum Gasteiger partial charge on any atom is -0.468 e. The van der Waals surface area contributed by atoms with Gasteiger partial charge >= 0.3 is 12.1 Å². The fourth-order valence-corrected chi connectivity index (χ4v) is 2.98. The molecule has 1 aromatic rings. The number of esters is 1. The molecule has 0 aromatic heterocycles. The molecule has 0 spiro atoms. The molecule has 1 heterocycles. The van der Waals surface area contributed by atoms with E-state index in [-0.39, 0.29) is 37.9 Å². The number of amides is 2. The molecule has 0 aliphatic carbocycles. The van der Waals surface area contributed by atoms with Gasteiger partial charge in [0.2, 0.25) is 11.8 Å². The van der Waals surface area contributed by atoms with E-state index >= 15 is 0 Å². The summed E-state index contributed by atoms with van der Waals surface area (Å²) in [6.45, 7) is -0.111. The molecule has 0 N–H and O–H groups in total. The summed E-state index contributed by atoms with van der Waals surface area (Å²) in [5.41, 5.74) is -0.441. The average molecular weight is 386 g/mol. The molecule has 2 amide bonds. The third kappa shape index (κ3) is 5.45. The topological polar surface area (TPSA) is 66.9 Å². The highest BCUT2D eigenvalue weighted by atomic mass is 19.4. The van der Waals surface area contributed by atoms with E-state index in [1.54, 1.807) is 0 Å². The Kier molecular flexibility index (Phi) is 6.45. The van der Waals surface area contributed by atoms with Crippen LogP contribution in [-0.4, -0.2) is 54.8 Å². The third-order valence-corrected chi connectivity index (χ3v) is 4.45. The van der Waals surface area contributed by atoms with E-state index in [0.717, 1.165) is 12.1 Å². The quantitative estimate of drug-likeness (QED) is 0.727. The molecule has 9 heteroatoms. The second-order valence-corrected chi connectivity index (χ2v) is 6.48. The number of carbonyl (C=O) groups excluding carboxylic acids is 3. The first-order valence-electron chi connectivity index (χ1n) is 8.37. The number of methoxy groups -OCH3 is 1. The Morgan fingerprint density at radius 3 is 2.67 bits per heavy atom. The van der Waals surface area contributed by atoms with E-state index in [2.05, 4.69) is 4.74 Å². The van der Waals surface area contributed by atoms with Crippen LogP contribution < -0.4 is 0 Å². The van der Waals surface area contributed by atoms with E-state index in [0.29, 0.717) is 12.0 Å². The first-order chi connectivity index (χ1) is 12.6. The van der Waals surface area contributed by atoms with Crippen LogP contribution in [0.15, 0.2) is 24.3 Å². The second-order valence-electron chi connectivity index (χ2n) is 6.48. The van der Waals surface area contributed by atoms with Gasteiger partial charge in [0.15, 0.2) is 0 Å². The van der Waals surface area contributed by atoms with Gasteiger partial charge in [-0.05, 0) is 24.1 Å². The van der Waals surface area contributed by atoms with Crippen LogP contribution in [-0.2, 0) is 31.8 Å². The van der Waals surface area contributed by atoms with Gasteiger partial charge in [-0.2, -0.15) is 13.2 Å². The molecule has 148 valence electrons. The molecule has 0 radical (unpaired) electrons. The van der Waals surface area contributed by atoms with E-state index < -0.39 is 23.6 Å². The van der Waals surface area contributed by atoms with Gasteiger partial charge in [0.25, 0.3) is 0 Å². The van der Waals surface area contributed by atoms with Crippen LogP contribution in [0.5, 0.6) is 0 Å². The first kappa shape index (κ1) is 20.7. The molecular formula is C18H21F3N2O4. The Labute approximate surface area is 154 Å². The Hall–Kier alpha value is -2.58. The molecule has 27 heavy (non-hydrogen) atoms. The molecule has 1 saturated heterocycles. The number of ether oxygens (including phenoxy) is 1. The Bertz CT molecular complexity index is 721. The minimum atomic E-state index is -4.46. The lowest BCUT2D eigenvalue weighted by molar-refractivity contribution is -0.150. The molecule has 0 bridgehead atoms. The van der Waals surface area contributed by atoms with Crippen molar-refractivity contribution in [3.05, 3.63) is 35.4 Å². The maximum absolute atomic E-state index is 12.8. The summed E-state index contributed by atoms with van der Waals surface area (Å²) in [5, 5.41) is 0. The molecule has 0 unspecified atom stereocenters. The number of hydrogen-bond donors (Lipinski definition) is 0. The summed E-state index contributed by atoms with van der Waals surface area (Å²) in [6.07, 6.45) is -4.00. The number of likely N-dealkylation sites (N-methyl/N-ethyl adjacent to an activating group) is 1. The number of alkyl halides is 3. The average Bonchev–Trinajstić information content (AvgIpc) is 2.62. The van der Waals surface area contributed by atoms with Crippen LogP contribution in [0.1, 0.15) is 24.0 Å². The summed E-state index contributed by atoms with van der Waals surface area (Å²) in [7, 11) is 2.68. The van der Waals surface area contributed by atoms with E-state index in [4.69, 9.17) is 0 Å². The van der Waals surface area contributed by atoms with Crippen LogP contribution >= 0.6 is 0 Å². The fourth-order valence-electron chi connectivity index (χ4n) is 2.98. The monoisotopic (exact) mass is 386 g/mol. The fraction of sp³-hybridized carbons (Fsp3) is 0.500. The van der Waals surface area contributed by atoms with Crippen molar-refractivity contribution < 1.29 is 32.3 Å². The summed E-state index contributed by atoms with van der Waals surface area (Å²) in [5.74, 6) is -1.59. The number of rotatable bonds is 5. The largest absolute Gasteiger partial charge is 0.468 e. The normalized spacial score (nSPS) is 17.6. The zero-order chi connectivity index (χ0) is 20.2. The molecule has 1 aliphatic heterocycles. The lowest BCUT2D eigenvalue weighted by Crippen LogP contribution is -2.46. The number of carbonyl (C=O) groups is 3. The summed E-state index contributed by atoms with van der Waals surface area (Å²) >= 11 is 0. The van der Waals surface area contributed by atoms with Crippen molar-refractivity contribution in [3.8, 4) is 0 Å². The van der Waals surface area contributed by atoms with Crippen molar-refractivity contribution in [1.82, 2.24) is 9.80 Å². The number of hydrogen-bond acceptors (Lipinski definition) is 4. The number of halogens is 3. The van der Waals surface area contributed by atoms with Gasteiger partial charge < -0.3 is 14.5 Å². The molecule has 1 aromatic carbocycles. The smallest absolute Gasteiger partial charge is 0.416 e. The van der Waals surface area contributed by atoms with Gasteiger partial charge in [0.1, 0.15) is 6.54 Å². The Morgan fingerprint density at radius 1 is 1.33 bits per heavy atom. The summed E-state index contributed by atoms with van der Waals surface area (Å²) in [6, 6.07) is 4.77. The molecule has 1 atom stereocenters. The predicted octanol–water partition coefficient (Wildman–Crippen LogP) is 2.08. The molecule has 1 aliphatic rings. The van der Waals surface area contributed by atoms with Gasteiger partial charge in [-0.3, -0.25) is 14.4 Å². The maximum atomic E-state index is 12.8. The number of piperidine rings is 1. The van der Waals surface area contributed by atoms with Crippen molar-refractivity contribution in [2.45, 2.75) is 25.6 Å². The number of nitrogens with zero attached hydrogens (tertiary/aromatic N) is 2. The van der Waals surface area contributed by atoms with Crippen LogP contribution in [0.2, 0.25) is 0 Å². The minimum absolute atomic E-state index is 0.00670. The number of benzene rings is 1.